The van der Waals surface area contributed by atoms with Crippen molar-refractivity contribution < 1.29 is 9.18 Å². The molecule has 4 aromatic rings. The Morgan fingerprint density at radius 2 is 1.78 bits per heavy atom. The highest BCUT2D eigenvalue weighted by Crippen LogP contribution is 2.27. The summed E-state index contributed by atoms with van der Waals surface area (Å²) >= 11 is 0. The average Bonchev–Trinajstić information content (AvgIpc) is 2.98. The van der Waals surface area contributed by atoms with Crippen LogP contribution in [-0.2, 0) is 0 Å². The third-order valence-electron chi connectivity index (χ3n) is 4.12. The second-order valence-corrected chi connectivity index (χ2v) is 5.94. The first-order chi connectivity index (χ1) is 13.0. The number of hydrogen-bond acceptors (Lipinski definition) is 5. The van der Waals surface area contributed by atoms with Gasteiger partial charge in [-0.1, -0.05) is 12.1 Å². The highest BCUT2D eigenvalue weighted by atomic mass is 19.1. The Morgan fingerprint density at radius 1 is 1.00 bits per heavy atom. The molecule has 2 aromatic carbocycles. The van der Waals surface area contributed by atoms with Crippen molar-refractivity contribution in [2.45, 2.75) is 0 Å². The van der Waals surface area contributed by atoms with E-state index in [0.717, 1.165) is 10.9 Å². The van der Waals surface area contributed by atoms with Crippen molar-refractivity contribution in [3.05, 3.63) is 66.7 Å². The molecule has 134 valence electrons. The van der Waals surface area contributed by atoms with Crippen LogP contribution in [0, 0.1) is 5.82 Å². The number of nitrogens with one attached hydrogen (secondary N) is 1. The smallest absolute Gasteiger partial charge is 0.332 e. The molecule has 4 rings (SSSR count). The normalized spacial score (nSPS) is 10.9. The molecule has 7 nitrogen and oxygen atoms in total. The minimum atomic E-state index is -0.451. The van der Waals surface area contributed by atoms with E-state index in [1.165, 1.54) is 35.2 Å². The molecular formula is C19H15FN6O. The second kappa shape index (κ2) is 6.41. The van der Waals surface area contributed by atoms with Crippen LogP contribution in [0.1, 0.15) is 0 Å². The standard InChI is InChI=1S/C19H15FN6O/c20-13-3-5-14(6-4-13)25-19(27)26-16-7-11(1-2-12(16)8-18(26)22)15-9-17(21)24-10-23-15/h1-10H,22H2,(H,25,27)(H2,21,23,24). The number of nitrogens with zero attached hydrogens (tertiary/aromatic N) is 3. The highest BCUT2D eigenvalue weighted by Gasteiger charge is 2.15. The van der Waals surface area contributed by atoms with Crippen molar-refractivity contribution in [1.82, 2.24) is 14.5 Å². The molecule has 8 heteroatoms. The van der Waals surface area contributed by atoms with E-state index in [-0.39, 0.29) is 11.6 Å². The number of rotatable bonds is 2. The quantitative estimate of drug-likeness (QED) is 0.505. The summed E-state index contributed by atoms with van der Waals surface area (Å²) in [6.45, 7) is 0. The predicted octanol–water partition coefficient (Wildman–Crippen LogP) is 3.48. The minimum absolute atomic E-state index is 0.281. The molecule has 2 aromatic heterocycles. The molecule has 0 aliphatic heterocycles. The fourth-order valence-electron chi connectivity index (χ4n) is 2.85. The van der Waals surface area contributed by atoms with Crippen LogP contribution >= 0.6 is 0 Å². The number of nitrogens with two attached hydrogens (primary N) is 2. The minimum Gasteiger partial charge on any atom is -0.385 e. The molecule has 0 aliphatic rings. The average molecular weight is 362 g/mol. The molecule has 0 unspecified atom stereocenters. The maximum atomic E-state index is 13.0. The second-order valence-electron chi connectivity index (χ2n) is 5.94. The summed E-state index contributed by atoms with van der Waals surface area (Å²) in [5, 5.41) is 3.50. The molecule has 0 saturated carbocycles. The van der Waals surface area contributed by atoms with Crippen molar-refractivity contribution in [2.24, 2.45) is 0 Å². The molecular weight excluding hydrogens is 347 g/mol. The van der Waals surface area contributed by atoms with Crippen LogP contribution in [0.25, 0.3) is 22.2 Å². The maximum Gasteiger partial charge on any atom is 0.332 e. The van der Waals surface area contributed by atoms with Gasteiger partial charge in [-0.25, -0.2) is 23.7 Å². The Labute approximate surface area is 153 Å². The van der Waals surface area contributed by atoms with Gasteiger partial charge in [-0.15, -0.1) is 0 Å². The first kappa shape index (κ1) is 16.5. The van der Waals surface area contributed by atoms with Crippen LogP contribution in [0.4, 0.5) is 26.5 Å². The molecule has 0 saturated heterocycles. The zero-order valence-corrected chi connectivity index (χ0v) is 14.1. The lowest BCUT2D eigenvalue weighted by molar-refractivity contribution is 0.254. The Bertz CT molecular complexity index is 1150. The van der Waals surface area contributed by atoms with Gasteiger partial charge in [0.15, 0.2) is 0 Å². The largest absolute Gasteiger partial charge is 0.385 e. The SMILES string of the molecule is Nc1cc(-c2ccc3cc(N)n(C(=O)Nc4ccc(F)cc4)c3c2)ncn1. The number of halogens is 1. The monoisotopic (exact) mass is 362 g/mol. The van der Waals surface area contributed by atoms with Crippen molar-refractivity contribution in [3.63, 3.8) is 0 Å². The summed E-state index contributed by atoms with van der Waals surface area (Å²) in [7, 11) is 0. The first-order valence-corrected chi connectivity index (χ1v) is 8.07. The summed E-state index contributed by atoms with van der Waals surface area (Å²) in [6, 6.07) is 13.9. The van der Waals surface area contributed by atoms with Crippen molar-refractivity contribution >= 4 is 34.3 Å². The van der Waals surface area contributed by atoms with Crippen LogP contribution in [0.5, 0.6) is 0 Å². The summed E-state index contributed by atoms with van der Waals surface area (Å²) in [4.78, 5) is 20.8. The number of carbonyl (C=O) groups is 1. The number of hydrogen-bond donors (Lipinski definition) is 3. The fraction of sp³-hybridized carbons (Fsp3) is 0. The molecule has 0 bridgehead atoms. The zero-order valence-electron chi connectivity index (χ0n) is 14.1. The van der Waals surface area contributed by atoms with Gasteiger partial charge in [-0.3, -0.25) is 0 Å². The topological polar surface area (TPSA) is 112 Å². The molecule has 0 aliphatic carbocycles. The van der Waals surface area contributed by atoms with Crippen LogP contribution < -0.4 is 16.8 Å². The third kappa shape index (κ3) is 3.15. The molecule has 0 radical (unpaired) electrons. The Kier molecular flexibility index (Phi) is 3.92. The number of fused-ring (bicyclic) bond motifs is 1. The Morgan fingerprint density at radius 3 is 2.52 bits per heavy atom. The van der Waals surface area contributed by atoms with Gasteiger partial charge in [0.05, 0.1) is 11.2 Å². The van der Waals surface area contributed by atoms with E-state index < -0.39 is 6.03 Å². The van der Waals surface area contributed by atoms with Gasteiger partial charge in [0, 0.05) is 22.7 Å². The van der Waals surface area contributed by atoms with Crippen LogP contribution in [0.3, 0.4) is 0 Å². The molecule has 0 spiro atoms. The van der Waals surface area contributed by atoms with E-state index in [1.807, 2.05) is 12.1 Å². The van der Waals surface area contributed by atoms with E-state index in [4.69, 9.17) is 11.5 Å². The maximum absolute atomic E-state index is 13.0. The van der Waals surface area contributed by atoms with E-state index in [9.17, 15) is 9.18 Å². The molecule has 5 N–H and O–H groups in total. The number of aromatic nitrogens is 3. The first-order valence-electron chi connectivity index (χ1n) is 8.07. The van der Waals surface area contributed by atoms with E-state index >= 15 is 0 Å². The summed E-state index contributed by atoms with van der Waals surface area (Å²) in [6.07, 6.45) is 1.38. The fourth-order valence-corrected chi connectivity index (χ4v) is 2.85. The highest BCUT2D eigenvalue weighted by molar-refractivity contribution is 6.02. The third-order valence-corrected chi connectivity index (χ3v) is 4.12. The molecule has 0 fully saturated rings. The predicted molar refractivity (Wildman–Crippen MR) is 103 cm³/mol. The van der Waals surface area contributed by atoms with Crippen LogP contribution in [0.15, 0.2) is 60.9 Å². The molecule has 0 atom stereocenters. The van der Waals surface area contributed by atoms with Gasteiger partial charge in [-0.05, 0) is 36.4 Å². The number of anilines is 3. The number of carbonyl (C=O) groups excluding carboxylic acids is 1. The lowest BCUT2D eigenvalue weighted by Crippen LogP contribution is -2.20. The summed E-state index contributed by atoms with van der Waals surface area (Å²) in [5.41, 5.74) is 14.2. The lowest BCUT2D eigenvalue weighted by atomic mass is 10.1. The van der Waals surface area contributed by atoms with Gasteiger partial charge in [0.25, 0.3) is 0 Å². The summed E-state index contributed by atoms with van der Waals surface area (Å²) in [5.74, 6) is 0.251. The van der Waals surface area contributed by atoms with Crippen molar-refractivity contribution in [1.29, 1.82) is 0 Å². The Balaban J connectivity index is 1.75. The van der Waals surface area contributed by atoms with E-state index in [1.54, 1.807) is 18.2 Å². The van der Waals surface area contributed by atoms with Crippen molar-refractivity contribution in [3.8, 4) is 11.3 Å². The van der Waals surface area contributed by atoms with Gasteiger partial charge >= 0.3 is 6.03 Å². The zero-order chi connectivity index (χ0) is 19.0. The Hall–Kier alpha value is -3.94. The molecule has 27 heavy (non-hydrogen) atoms. The molecule has 2 heterocycles. The van der Waals surface area contributed by atoms with Gasteiger partial charge in [0.1, 0.15) is 23.8 Å². The van der Waals surface area contributed by atoms with Crippen molar-refractivity contribution in [2.75, 3.05) is 16.8 Å². The summed E-state index contributed by atoms with van der Waals surface area (Å²) < 4.78 is 14.4. The number of amides is 1. The van der Waals surface area contributed by atoms with Gasteiger partial charge in [0.2, 0.25) is 0 Å². The molecule has 1 amide bonds. The van der Waals surface area contributed by atoms with Gasteiger partial charge < -0.3 is 16.8 Å². The van der Waals surface area contributed by atoms with Crippen LogP contribution in [-0.4, -0.2) is 20.6 Å². The van der Waals surface area contributed by atoms with Gasteiger partial charge in [-0.2, -0.15) is 0 Å². The van der Waals surface area contributed by atoms with E-state index in [2.05, 4.69) is 15.3 Å². The van der Waals surface area contributed by atoms with E-state index in [0.29, 0.717) is 22.7 Å². The number of benzene rings is 2. The lowest BCUT2D eigenvalue weighted by Gasteiger charge is -2.10. The number of nitrogen functional groups attached to an aromatic ring is 2. The van der Waals surface area contributed by atoms with Crippen LogP contribution in [0.2, 0.25) is 0 Å².